The average molecular weight is 375 g/mol. The Morgan fingerprint density at radius 2 is 1.65 bits per heavy atom. The first kappa shape index (κ1) is 19.2. The summed E-state index contributed by atoms with van der Waals surface area (Å²) in [5.41, 5.74) is 2.34. The largest absolute Gasteiger partial charge is 0.389 e. The molecule has 3 rings (SSSR count). The van der Waals surface area contributed by atoms with Gasteiger partial charge in [0.1, 0.15) is 0 Å². The molecule has 26 heavy (non-hydrogen) atoms. The summed E-state index contributed by atoms with van der Waals surface area (Å²) in [6.45, 7) is 6.86. The molecule has 1 saturated heterocycles. The molecule has 2 aromatic carbocycles. The van der Waals surface area contributed by atoms with Crippen LogP contribution in [-0.4, -0.2) is 55.4 Å². The van der Waals surface area contributed by atoms with E-state index in [1.807, 2.05) is 37.3 Å². The van der Waals surface area contributed by atoms with Crippen molar-refractivity contribution in [2.24, 2.45) is 0 Å². The maximum absolute atomic E-state index is 10.3. The van der Waals surface area contributed by atoms with Gasteiger partial charge in [0.2, 0.25) is 0 Å². The molecular weight excluding hydrogens is 348 g/mol. The van der Waals surface area contributed by atoms with Crippen LogP contribution in [0.1, 0.15) is 18.6 Å². The molecule has 0 unspecified atom stereocenters. The van der Waals surface area contributed by atoms with Crippen LogP contribution in [0.5, 0.6) is 0 Å². The molecule has 1 N–H and O–H groups in total. The lowest BCUT2D eigenvalue weighted by molar-refractivity contribution is -0.0162. The van der Waals surface area contributed by atoms with Crippen molar-refractivity contribution in [3.63, 3.8) is 0 Å². The van der Waals surface area contributed by atoms with Gasteiger partial charge in [-0.1, -0.05) is 41.9 Å². The first-order valence-corrected chi connectivity index (χ1v) is 9.57. The Bertz CT molecular complexity index is 657. The summed E-state index contributed by atoms with van der Waals surface area (Å²) in [4.78, 5) is 4.70. The van der Waals surface area contributed by atoms with Crippen molar-refractivity contribution in [1.29, 1.82) is 0 Å². The van der Waals surface area contributed by atoms with Gasteiger partial charge in [0.25, 0.3) is 0 Å². The van der Waals surface area contributed by atoms with Crippen molar-refractivity contribution >= 4 is 17.3 Å². The number of rotatable bonds is 7. The molecule has 1 heterocycles. The van der Waals surface area contributed by atoms with Crippen LogP contribution in [0.3, 0.4) is 0 Å². The van der Waals surface area contributed by atoms with Crippen molar-refractivity contribution in [1.82, 2.24) is 4.90 Å². The number of hydrogen-bond acceptors (Lipinski definition) is 4. The molecule has 2 atom stereocenters. The fourth-order valence-electron chi connectivity index (χ4n) is 3.26. The van der Waals surface area contributed by atoms with E-state index in [1.54, 1.807) is 0 Å². The number of ether oxygens (including phenoxy) is 1. The van der Waals surface area contributed by atoms with Gasteiger partial charge in [0.15, 0.2) is 0 Å². The fraction of sp³-hybridized carbons (Fsp3) is 0.429. The number of anilines is 1. The van der Waals surface area contributed by atoms with Gasteiger partial charge in [-0.25, -0.2) is 0 Å². The minimum Gasteiger partial charge on any atom is -0.389 e. The quantitative estimate of drug-likeness (QED) is 0.803. The van der Waals surface area contributed by atoms with Crippen LogP contribution in [0.15, 0.2) is 54.6 Å². The smallest absolute Gasteiger partial charge is 0.0900 e. The maximum atomic E-state index is 10.3. The topological polar surface area (TPSA) is 35.9 Å². The second-order valence-corrected chi connectivity index (χ2v) is 7.24. The van der Waals surface area contributed by atoms with Crippen LogP contribution < -0.4 is 4.90 Å². The first-order valence-electron chi connectivity index (χ1n) is 9.19. The van der Waals surface area contributed by atoms with Gasteiger partial charge in [0, 0.05) is 43.4 Å². The van der Waals surface area contributed by atoms with E-state index < -0.39 is 6.10 Å². The number of aliphatic hydroxyl groups excluding tert-OH is 1. The lowest BCUT2D eigenvalue weighted by Gasteiger charge is -2.37. The summed E-state index contributed by atoms with van der Waals surface area (Å²) in [7, 11) is 0. The van der Waals surface area contributed by atoms with Crippen LogP contribution in [0.2, 0.25) is 5.02 Å². The van der Waals surface area contributed by atoms with Crippen LogP contribution in [-0.2, 0) is 4.74 Å². The van der Waals surface area contributed by atoms with Gasteiger partial charge >= 0.3 is 0 Å². The Hall–Kier alpha value is -1.59. The number of hydrogen-bond donors (Lipinski definition) is 1. The summed E-state index contributed by atoms with van der Waals surface area (Å²) in [5.74, 6) is 0. The first-order chi connectivity index (χ1) is 12.6. The van der Waals surface area contributed by atoms with Gasteiger partial charge in [-0.2, -0.15) is 0 Å². The van der Waals surface area contributed by atoms with Crippen molar-refractivity contribution in [2.45, 2.75) is 19.1 Å². The Balaban J connectivity index is 1.39. The van der Waals surface area contributed by atoms with Crippen LogP contribution in [0.25, 0.3) is 0 Å². The summed E-state index contributed by atoms with van der Waals surface area (Å²) in [6.07, 6.45) is -0.537. The summed E-state index contributed by atoms with van der Waals surface area (Å²) in [5, 5.41) is 11.0. The fourth-order valence-corrected chi connectivity index (χ4v) is 3.39. The molecule has 1 aliphatic rings. The molecule has 4 nitrogen and oxygen atoms in total. The predicted molar refractivity (Wildman–Crippen MR) is 107 cm³/mol. The molecule has 2 aromatic rings. The van der Waals surface area contributed by atoms with E-state index in [0.29, 0.717) is 13.2 Å². The molecule has 0 aromatic heterocycles. The van der Waals surface area contributed by atoms with E-state index in [1.165, 1.54) is 5.69 Å². The number of para-hydroxylation sites is 1. The number of halogens is 1. The van der Waals surface area contributed by atoms with Gasteiger partial charge in [-0.05, 0) is 36.8 Å². The monoisotopic (exact) mass is 374 g/mol. The third-order valence-electron chi connectivity index (χ3n) is 4.84. The molecule has 0 spiro atoms. The molecule has 1 fully saturated rings. The third kappa shape index (κ3) is 5.45. The summed E-state index contributed by atoms with van der Waals surface area (Å²) < 4.78 is 5.83. The molecular formula is C21H27ClN2O2. The van der Waals surface area contributed by atoms with E-state index >= 15 is 0 Å². The minimum atomic E-state index is -0.479. The molecule has 0 aliphatic carbocycles. The number of nitrogens with zero attached hydrogens (tertiary/aromatic N) is 2. The van der Waals surface area contributed by atoms with E-state index in [0.717, 1.165) is 36.8 Å². The van der Waals surface area contributed by atoms with Gasteiger partial charge in [-0.3, -0.25) is 4.90 Å². The Morgan fingerprint density at radius 1 is 1.00 bits per heavy atom. The zero-order valence-electron chi connectivity index (χ0n) is 15.2. The molecule has 0 amide bonds. The maximum Gasteiger partial charge on any atom is 0.0900 e. The van der Waals surface area contributed by atoms with Gasteiger partial charge in [-0.15, -0.1) is 0 Å². The summed E-state index contributed by atoms with van der Waals surface area (Å²) >= 11 is 5.91. The van der Waals surface area contributed by atoms with Gasteiger partial charge < -0.3 is 14.7 Å². The molecule has 5 heteroatoms. The van der Waals surface area contributed by atoms with E-state index in [-0.39, 0.29) is 6.10 Å². The highest BCUT2D eigenvalue weighted by Gasteiger charge is 2.20. The standard InChI is InChI=1S/C21H27ClN2O2/c1-17(18-7-9-19(22)10-8-18)26-16-21(25)15-23-11-13-24(14-12-23)20-5-3-2-4-6-20/h2-10,17,21,25H,11-16H2,1H3/t17-,21+/m0/s1. The van der Waals surface area contributed by atoms with Crippen LogP contribution in [0, 0.1) is 0 Å². The number of aliphatic hydroxyl groups is 1. The van der Waals surface area contributed by atoms with Gasteiger partial charge in [0.05, 0.1) is 18.8 Å². The van der Waals surface area contributed by atoms with Crippen LogP contribution in [0.4, 0.5) is 5.69 Å². The minimum absolute atomic E-state index is 0.0585. The molecule has 0 bridgehead atoms. The molecule has 1 aliphatic heterocycles. The third-order valence-corrected chi connectivity index (χ3v) is 5.09. The Kier molecular flexibility index (Phi) is 6.92. The number of β-amino-alcohol motifs (C(OH)–C–C–N with tert-alkyl or cyclic N) is 1. The Labute approximate surface area is 160 Å². The van der Waals surface area contributed by atoms with Crippen molar-refractivity contribution in [2.75, 3.05) is 44.2 Å². The highest BCUT2D eigenvalue weighted by molar-refractivity contribution is 6.30. The van der Waals surface area contributed by atoms with E-state index in [2.05, 4.69) is 34.1 Å². The number of benzene rings is 2. The zero-order valence-corrected chi connectivity index (χ0v) is 16.0. The molecule has 0 saturated carbocycles. The van der Waals surface area contributed by atoms with Crippen molar-refractivity contribution < 1.29 is 9.84 Å². The normalized spacial score (nSPS) is 17.9. The predicted octanol–water partition coefficient (Wildman–Crippen LogP) is 3.60. The second-order valence-electron chi connectivity index (χ2n) is 6.80. The molecule has 0 radical (unpaired) electrons. The molecule has 140 valence electrons. The van der Waals surface area contributed by atoms with E-state index in [4.69, 9.17) is 16.3 Å². The van der Waals surface area contributed by atoms with Crippen LogP contribution >= 0.6 is 11.6 Å². The zero-order chi connectivity index (χ0) is 18.4. The number of piperazine rings is 1. The average Bonchev–Trinajstić information content (AvgIpc) is 2.68. The lowest BCUT2D eigenvalue weighted by Crippen LogP contribution is -2.49. The highest BCUT2D eigenvalue weighted by Crippen LogP contribution is 2.20. The second kappa shape index (κ2) is 9.38. The van der Waals surface area contributed by atoms with Crippen molar-refractivity contribution in [3.05, 3.63) is 65.2 Å². The Morgan fingerprint density at radius 3 is 2.31 bits per heavy atom. The van der Waals surface area contributed by atoms with Crippen molar-refractivity contribution in [3.8, 4) is 0 Å². The lowest BCUT2D eigenvalue weighted by atomic mass is 10.1. The SMILES string of the molecule is C[C@H](OC[C@H](O)CN1CCN(c2ccccc2)CC1)c1ccc(Cl)cc1. The highest BCUT2D eigenvalue weighted by atomic mass is 35.5. The van der Waals surface area contributed by atoms with E-state index in [9.17, 15) is 5.11 Å². The summed E-state index contributed by atoms with van der Waals surface area (Å²) in [6, 6.07) is 18.1.